The molecule has 9 heteroatoms. The van der Waals surface area contributed by atoms with Gasteiger partial charge in [-0.3, -0.25) is 9.48 Å². The Labute approximate surface area is 114 Å². The number of hydrogen-bond donors (Lipinski definition) is 4. The van der Waals surface area contributed by atoms with E-state index in [1.54, 1.807) is 24.0 Å². The van der Waals surface area contributed by atoms with Gasteiger partial charge in [0.25, 0.3) is 0 Å². The van der Waals surface area contributed by atoms with Crippen molar-refractivity contribution in [3.63, 3.8) is 0 Å². The minimum absolute atomic E-state index is 0.177. The number of carbonyl (C=O) groups is 3. The Morgan fingerprint density at radius 3 is 2.60 bits per heavy atom. The molecule has 0 aliphatic heterocycles. The van der Waals surface area contributed by atoms with E-state index >= 15 is 0 Å². The van der Waals surface area contributed by atoms with E-state index in [2.05, 4.69) is 15.7 Å². The van der Waals surface area contributed by atoms with Crippen LogP contribution in [-0.2, 0) is 23.2 Å². The zero-order chi connectivity index (χ0) is 15.1. The van der Waals surface area contributed by atoms with Crippen LogP contribution in [0.3, 0.4) is 0 Å². The van der Waals surface area contributed by atoms with Crippen molar-refractivity contribution >= 4 is 18.0 Å². The molecule has 9 nitrogen and oxygen atoms in total. The maximum atomic E-state index is 11.5. The molecule has 0 radical (unpaired) electrons. The molecule has 1 aromatic rings. The molecule has 0 saturated heterocycles. The van der Waals surface area contributed by atoms with Crippen LogP contribution < -0.4 is 10.6 Å². The number of nitrogens with zero attached hydrogens (tertiary/aromatic N) is 2. The molecule has 1 heterocycles. The van der Waals surface area contributed by atoms with Gasteiger partial charge in [0.15, 0.2) is 0 Å². The maximum absolute atomic E-state index is 11.5. The molecule has 1 atom stereocenters. The summed E-state index contributed by atoms with van der Waals surface area (Å²) in [4.78, 5) is 32.8. The van der Waals surface area contributed by atoms with Crippen LogP contribution in [0.15, 0.2) is 12.3 Å². The fourth-order valence-corrected chi connectivity index (χ4v) is 1.48. The van der Waals surface area contributed by atoms with Gasteiger partial charge in [-0.25, -0.2) is 9.59 Å². The van der Waals surface area contributed by atoms with Gasteiger partial charge in [0.1, 0.15) is 6.04 Å². The Balaban J connectivity index is 2.43. The van der Waals surface area contributed by atoms with Crippen molar-refractivity contribution in [2.24, 2.45) is 7.05 Å². The summed E-state index contributed by atoms with van der Waals surface area (Å²) >= 11 is 0. The molecule has 0 aliphatic rings. The number of urea groups is 1. The molecular formula is C11H16N4O5. The molecule has 110 valence electrons. The Bertz CT molecular complexity index is 499. The van der Waals surface area contributed by atoms with E-state index in [9.17, 15) is 14.4 Å². The van der Waals surface area contributed by atoms with Crippen molar-refractivity contribution in [2.45, 2.75) is 25.4 Å². The van der Waals surface area contributed by atoms with E-state index in [4.69, 9.17) is 10.2 Å². The van der Waals surface area contributed by atoms with Gasteiger partial charge in [-0.2, -0.15) is 5.10 Å². The van der Waals surface area contributed by atoms with Crippen LogP contribution in [0.2, 0.25) is 0 Å². The molecule has 4 N–H and O–H groups in total. The minimum Gasteiger partial charge on any atom is -0.481 e. The highest BCUT2D eigenvalue weighted by Gasteiger charge is 2.20. The first-order valence-electron chi connectivity index (χ1n) is 5.86. The molecular weight excluding hydrogens is 268 g/mol. The van der Waals surface area contributed by atoms with Crippen LogP contribution in [0.1, 0.15) is 18.5 Å². The number of aryl methyl sites for hydroxylation is 1. The van der Waals surface area contributed by atoms with E-state index in [1.165, 1.54) is 0 Å². The van der Waals surface area contributed by atoms with Crippen LogP contribution in [0, 0.1) is 0 Å². The summed E-state index contributed by atoms with van der Waals surface area (Å²) in [6.45, 7) is 0.188. The molecule has 1 rings (SSSR count). The third-order valence-corrected chi connectivity index (χ3v) is 2.60. The van der Waals surface area contributed by atoms with Crippen molar-refractivity contribution in [2.75, 3.05) is 0 Å². The fourth-order valence-electron chi connectivity index (χ4n) is 1.48. The summed E-state index contributed by atoms with van der Waals surface area (Å²) in [5, 5.41) is 26.0. The lowest BCUT2D eigenvalue weighted by atomic mass is 10.1. The van der Waals surface area contributed by atoms with Crippen molar-refractivity contribution in [3.05, 3.63) is 18.0 Å². The van der Waals surface area contributed by atoms with Gasteiger partial charge >= 0.3 is 18.0 Å². The van der Waals surface area contributed by atoms with Gasteiger partial charge in [-0.15, -0.1) is 0 Å². The molecule has 0 fully saturated rings. The van der Waals surface area contributed by atoms with Crippen LogP contribution in [0.4, 0.5) is 4.79 Å². The number of nitrogens with one attached hydrogen (secondary N) is 2. The van der Waals surface area contributed by atoms with E-state index < -0.39 is 24.0 Å². The number of carboxylic acid groups (broad SMARTS) is 2. The van der Waals surface area contributed by atoms with Gasteiger partial charge in [-0.1, -0.05) is 0 Å². The van der Waals surface area contributed by atoms with Gasteiger partial charge in [0, 0.05) is 19.7 Å². The number of carboxylic acids is 2. The fraction of sp³-hybridized carbons (Fsp3) is 0.455. The second-order valence-corrected chi connectivity index (χ2v) is 4.10. The summed E-state index contributed by atoms with van der Waals surface area (Å²) in [7, 11) is 1.71. The Morgan fingerprint density at radius 2 is 2.10 bits per heavy atom. The summed E-state index contributed by atoms with van der Waals surface area (Å²) in [5.74, 6) is -2.39. The average Bonchev–Trinajstić information content (AvgIpc) is 2.77. The van der Waals surface area contributed by atoms with Crippen molar-refractivity contribution in [1.29, 1.82) is 0 Å². The molecule has 0 aliphatic carbocycles. The predicted molar refractivity (Wildman–Crippen MR) is 66.9 cm³/mol. The van der Waals surface area contributed by atoms with Crippen molar-refractivity contribution < 1.29 is 24.6 Å². The first-order chi connectivity index (χ1) is 9.40. The van der Waals surface area contributed by atoms with E-state index in [-0.39, 0.29) is 19.4 Å². The SMILES string of the molecule is Cn1nccc1CNC(=O)NC(CCC(=O)O)C(=O)O. The number of aliphatic carboxylic acids is 2. The number of hydrogen-bond acceptors (Lipinski definition) is 4. The topological polar surface area (TPSA) is 134 Å². The highest BCUT2D eigenvalue weighted by molar-refractivity contribution is 5.82. The highest BCUT2D eigenvalue weighted by Crippen LogP contribution is 1.99. The van der Waals surface area contributed by atoms with Crippen LogP contribution in [0.25, 0.3) is 0 Å². The average molecular weight is 284 g/mol. The number of aromatic nitrogens is 2. The molecule has 0 spiro atoms. The number of rotatable bonds is 7. The van der Waals surface area contributed by atoms with Crippen molar-refractivity contribution in [3.8, 4) is 0 Å². The second kappa shape index (κ2) is 7.12. The number of carbonyl (C=O) groups excluding carboxylic acids is 1. The molecule has 0 bridgehead atoms. The lowest BCUT2D eigenvalue weighted by molar-refractivity contribution is -0.140. The Hall–Kier alpha value is -2.58. The first kappa shape index (κ1) is 15.5. The minimum atomic E-state index is -1.28. The van der Waals surface area contributed by atoms with Gasteiger partial charge in [0.05, 0.1) is 12.2 Å². The normalized spacial score (nSPS) is 11.7. The molecule has 0 saturated carbocycles. The monoisotopic (exact) mass is 284 g/mol. The lowest BCUT2D eigenvalue weighted by Crippen LogP contribution is -2.46. The largest absolute Gasteiger partial charge is 0.481 e. The smallest absolute Gasteiger partial charge is 0.326 e. The van der Waals surface area contributed by atoms with Crippen LogP contribution >= 0.6 is 0 Å². The number of amides is 2. The van der Waals surface area contributed by atoms with E-state index in [0.29, 0.717) is 0 Å². The third kappa shape index (κ3) is 4.96. The zero-order valence-electron chi connectivity index (χ0n) is 10.9. The van der Waals surface area contributed by atoms with Gasteiger partial charge < -0.3 is 20.8 Å². The van der Waals surface area contributed by atoms with Crippen LogP contribution in [0.5, 0.6) is 0 Å². The molecule has 2 amide bonds. The molecule has 20 heavy (non-hydrogen) atoms. The quantitative estimate of drug-likeness (QED) is 0.535. The Kier molecular flexibility index (Phi) is 5.51. The van der Waals surface area contributed by atoms with E-state index in [0.717, 1.165) is 5.69 Å². The van der Waals surface area contributed by atoms with Crippen molar-refractivity contribution in [1.82, 2.24) is 20.4 Å². The molecule has 1 unspecified atom stereocenters. The summed E-state index contributed by atoms with van der Waals surface area (Å²) in [6, 6.07) is -0.207. The molecule has 0 aromatic carbocycles. The standard InChI is InChI=1S/C11H16N4O5/c1-15-7(4-5-13-15)6-12-11(20)14-8(10(18)19)2-3-9(16)17/h4-5,8H,2-3,6H2,1H3,(H,16,17)(H,18,19)(H2,12,14,20). The third-order valence-electron chi connectivity index (χ3n) is 2.60. The van der Waals surface area contributed by atoms with E-state index in [1.807, 2.05) is 0 Å². The summed E-state index contributed by atoms with van der Waals surface area (Å²) in [5.41, 5.74) is 0.748. The summed E-state index contributed by atoms with van der Waals surface area (Å²) < 4.78 is 1.57. The van der Waals surface area contributed by atoms with Gasteiger partial charge in [0.2, 0.25) is 0 Å². The second-order valence-electron chi connectivity index (χ2n) is 4.10. The van der Waals surface area contributed by atoms with Gasteiger partial charge in [-0.05, 0) is 12.5 Å². The summed E-state index contributed by atoms with van der Waals surface area (Å²) in [6.07, 6.45) is 1.06. The molecule has 1 aromatic heterocycles. The lowest BCUT2D eigenvalue weighted by Gasteiger charge is -2.14. The zero-order valence-corrected chi connectivity index (χ0v) is 10.9. The predicted octanol–water partition coefficient (Wildman–Crippen LogP) is -0.463. The Morgan fingerprint density at radius 1 is 1.40 bits per heavy atom. The van der Waals surface area contributed by atoms with Crippen LogP contribution in [-0.4, -0.2) is 44.0 Å². The maximum Gasteiger partial charge on any atom is 0.326 e. The highest BCUT2D eigenvalue weighted by atomic mass is 16.4. The first-order valence-corrected chi connectivity index (χ1v) is 5.86.